The Morgan fingerprint density at radius 3 is 1.58 bits per heavy atom. The molecule has 0 aliphatic heterocycles. The first-order chi connectivity index (χ1) is 15.8. The summed E-state index contributed by atoms with van der Waals surface area (Å²) in [4.78, 5) is 1.82. The number of hydrogen-bond donors (Lipinski definition) is 3. The third kappa shape index (κ3) is 4.30. The zero-order valence-electron chi connectivity index (χ0n) is 19.1. The Morgan fingerprint density at radius 2 is 1.09 bits per heavy atom. The van der Waals surface area contributed by atoms with Gasteiger partial charge < -0.3 is 25.0 Å². The molecular formula is C28H27NO4. The second-order valence-corrected chi connectivity index (χ2v) is 8.23. The van der Waals surface area contributed by atoms with E-state index in [1.807, 2.05) is 93.3 Å². The van der Waals surface area contributed by atoms with E-state index in [1.165, 1.54) is 0 Å². The Morgan fingerprint density at radius 1 is 0.606 bits per heavy atom. The summed E-state index contributed by atoms with van der Waals surface area (Å²) in [5.74, 6) is 1.84. The lowest BCUT2D eigenvalue weighted by molar-refractivity contribution is 0.458. The predicted molar refractivity (Wildman–Crippen MR) is 132 cm³/mol. The van der Waals surface area contributed by atoms with E-state index in [-0.39, 0.29) is 17.2 Å². The third-order valence-corrected chi connectivity index (χ3v) is 5.67. The van der Waals surface area contributed by atoms with E-state index in [1.54, 1.807) is 12.1 Å². The fourth-order valence-electron chi connectivity index (χ4n) is 3.93. The largest absolute Gasteiger partial charge is 0.508 e. The first kappa shape index (κ1) is 22.1. The summed E-state index contributed by atoms with van der Waals surface area (Å²) < 4.78 is 6.10. The van der Waals surface area contributed by atoms with Gasteiger partial charge in [-0.15, -0.1) is 0 Å². The van der Waals surface area contributed by atoms with Gasteiger partial charge in [0.25, 0.3) is 0 Å². The molecule has 0 atom stereocenters. The molecule has 0 saturated heterocycles. The molecule has 4 rings (SSSR count). The summed E-state index contributed by atoms with van der Waals surface area (Å²) in [5.41, 5.74) is 5.04. The molecule has 168 valence electrons. The number of para-hydroxylation sites is 2. The Bertz CT molecular complexity index is 1240. The van der Waals surface area contributed by atoms with Gasteiger partial charge in [0.1, 0.15) is 28.7 Å². The van der Waals surface area contributed by atoms with Gasteiger partial charge >= 0.3 is 0 Å². The fourth-order valence-corrected chi connectivity index (χ4v) is 3.93. The molecule has 0 fully saturated rings. The summed E-state index contributed by atoms with van der Waals surface area (Å²) in [6, 6.07) is 21.8. The molecule has 5 nitrogen and oxygen atoms in total. The molecule has 5 heteroatoms. The SMILES string of the molecule is Cc1cccc(N(c2ccc(Oc3c(C)cc(O)cc3C)cc2)c2cccc(C)c2O)c1O. The molecule has 0 saturated carbocycles. The molecule has 0 radical (unpaired) electrons. The number of benzene rings is 4. The van der Waals surface area contributed by atoms with Crippen LogP contribution in [0.2, 0.25) is 0 Å². The maximum atomic E-state index is 10.8. The van der Waals surface area contributed by atoms with Crippen molar-refractivity contribution in [2.24, 2.45) is 0 Å². The van der Waals surface area contributed by atoms with Crippen molar-refractivity contribution in [3.8, 4) is 28.7 Å². The average Bonchev–Trinajstić information content (AvgIpc) is 2.77. The monoisotopic (exact) mass is 441 g/mol. The summed E-state index contributed by atoms with van der Waals surface area (Å²) in [6.45, 7) is 7.46. The first-order valence-corrected chi connectivity index (χ1v) is 10.7. The van der Waals surface area contributed by atoms with Crippen molar-refractivity contribution in [2.75, 3.05) is 4.90 Å². The van der Waals surface area contributed by atoms with Crippen LogP contribution in [0.4, 0.5) is 17.1 Å². The first-order valence-electron chi connectivity index (χ1n) is 10.7. The van der Waals surface area contributed by atoms with E-state index >= 15 is 0 Å². The number of rotatable bonds is 5. The highest BCUT2D eigenvalue weighted by atomic mass is 16.5. The smallest absolute Gasteiger partial charge is 0.142 e. The van der Waals surface area contributed by atoms with Gasteiger partial charge in [-0.2, -0.15) is 0 Å². The number of phenols is 3. The summed E-state index contributed by atoms with van der Waals surface area (Å²) >= 11 is 0. The number of aromatic hydroxyl groups is 3. The average molecular weight is 442 g/mol. The molecule has 0 aliphatic carbocycles. The zero-order chi connectivity index (χ0) is 23.7. The van der Waals surface area contributed by atoms with E-state index in [0.29, 0.717) is 22.9 Å². The Labute approximate surface area is 193 Å². The molecule has 0 bridgehead atoms. The van der Waals surface area contributed by atoms with E-state index < -0.39 is 0 Å². The second-order valence-electron chi connectivity index (χ2n) is 8.23. The molecule has 33 heavy (non-hydrogen) atoms. The van der Waals surface area contributed by atoms with E-state index in [0.717, 1.165) is 27.9 Å². The summed E-state index contributed by atoms with van der Waals surface area (Å²) in [5, 5.41) is 31.4. The lowest BCUT2D eigenvalue weighted by Gasteiger charge is -2.28. The van der Waals surface area contributed by atoms with Crippen LogP contribution in [0.25, 0.3) is 0 Å². The molecule has 0 amide bonds. The standard InChI is InChI=1S/C28H27NO4/c1-17-7-5-9-24(26(17)31)29(25-10-6-8-18(2)27(25)32)21-11-13-23(14-12-21)33-28-19(3)15-22(30)16-20(28)4/h5-16,30-32H,1-4H3. The van der Waals surface area contributed by atoms with Gasteiger partial charge in [-0.05, 0) is 98.5 Å². The molecule has 4 aromatic rings. The van der Waals surface area contributed by atoms with Crippen molar-refractivity contribution in [2.45, 2.75) is 27.7 Å². The number of phenolic OH excluding ortho intramolecular Hbond substituents is 3. The molecule has 0 unspecified atom stereocenters. The van der Waals surface area contributed by atoms with Crippen molar-refractivity contribution in [3.05, 3.63) is 95.1 Å². The Hall–Kier alpha value is -4.12. The topological polar surface area (TPSA) is 73.2 Å². The number of aryl methyl sites for hydroxylation is 4. The number of hydrogen-bond acceptors (Lipinski definition) is 5. The van der Waals surface area contributed by atoms with Crippen LogP contribution in [0.5, 0.6) is 28.7 Å². The van der Waals surface area contributed by atoms with Gasteiger partial charge in [0.15, 0.2) is 0 Å². The maximum absolute atomic E-state index is 10.8. The van der Waals surface area contributed by atoms with Crippen molar-refractivity contribution in [3.63, 3.8) is 0 Å². The Balaban J connectivity index is 1.77. The van der Waals surface area contributed by atoms with Gasteiger partial charge in [-0.3, -0.25) is 0 Å². The van der Waals surface area contributed by atoms with Gasteiger partial charge in [0.05, 0.1) is 11.4 Å². The molecule has 0 aromatic heterocycles. The number of nitrogens with zero attached hydrogens (tertiary/aromatic N) is 1. The lowest BCUT2D eigenvalue weighted by atomic mass is 10.1. The number of anilines is 3. The molecule has 0 heterocycles. The van der Waals surface area contributed by atoms with Crippen LogP contribution in [0.15, 0.2) is 72.8 Å². The highest BCUT2D eigenvalue weighted by Gasteiger charge is 2.20. The summed E-state index contributed by atoms with van der Waals surface area (Å²) in [7, 11) is 0. The maximum Gasteiger partial charge on any atom is 0.142 e. The minimum Gasteiger partial charge on any atom is -0.508 e. The van der Waals surface area contributed by atoms with Crippen molar-refractivity contribution in [1.29, 1.82) is 0 Å². The third-order valence-electron chi connectivity index (χ3n) is 5.67. The second kappa shape index (κ2) is 8.79. The van der Waals surface area contributed by atoms with Crippen LogP contribution in [0, 0.1) is 27.7 Å². The van der Waals surface area contributed by atoms with Crippen molar-refractivity contribution in [1.82, 2.24) is 0 Å². The fraction of sp³-hybridized carbons (Fsp3) is 0.143. The van der Waals surface area contributed by atoms with Gasteiger partial charge in [-0.25, -0.2) is 0 Å². The van der Waals surface area contributed by atoms with E-state index in [4.69, 9.17) is 4.74 Å². The van der Waals surface area contributed by atoms with E-state index in [2.05, 4.69) is 0 Å². The molecule has 4 aromatic carbocycles. The molecular weight excluding hydrogens is 414 g/mol. The highest BCUT2D eigenvalue weighted by molar-refractivity contribution is 5.84. The minimum absolute atomic E-state index is 0.147. The van der Waals surface area contributed by atoms with Crippen LogP contribution in [-0.2, 0) is 0 Å². The van der Waals surface area contributed by atoms with E-state index in [9.17, 15) is 15.3 Å². The van der Waals surface area contributed by atoms with Crippen LogP contribution < -0.4 is 9.64 Å². The van der Waals surface area contributed by atoms with Crippen LogP contribution in [0.1, 0.15) is 22.3 Å². The highest BCUT2D eigenvalue weighted by Crippen LogP contribution is 2.45. The van der Waals surface area contributed by atoms with Crippen molar-refractivity contribution >= 4 is 17.1 Å². The molecule has 0 aliphatic rings. The van der Waals surface area contributed by atoms with Gasteiger partial charge in [0.2, 0.25) is 0 Å². The lowest BCUT2D eigenvalue weighted by Crippen LogP contribution is -2.11. The van der Waals surface area contributed by atoms with Crippen molar-refractivity contribution < 1.29 is 20.1 Å². The zero-order valence-corrected chi connectivity index (χ0v) is 19.1. The number of ether oxygens (including phenoxy) is 1. The van der Waals surface area contributed by atoms with Gasteiger partial charge in [-0.1, -0.05) is 24.3 Å². The molecule has 0 spiro atoms. The summed E-state index contributed by atoms with van der Waals surface area (Å²) in [6.07, 6.45) is 0. The minimum atomic E-state index is 0.147. The molecule has 3 N–H and O–H groups in total. The quantitative estimate of drug-likeness (QED) is 0.303. The van der Waals surface area contributed by atoms with Crippen LogP contribution in [-0.4, -0.2) is 15.3 Å². The normalized spacial score (nSPS) is 10.8. The predicted octanol–water partition coefficient (Wildman–Crippen LogP) is 7.30. The van der Waals surface area contributed by atoms with Crippen LogP contribution in [0.3, 0.4) is 0 Å². The van der Waals surface area contributed by atoms with Gasteiger partial charge in [0, 0.05) is 5.69 Å². The van der Waals surface area contributed by atoms with Crippen LogP contribution >= 0.6 is 0 Å². The Kier molecular flexibility index (Phi) is 5.88.